The quantitative estimate of drug-likeness (QED) is 0.760. The second-order valence-electron chi connectivity index (χ2n) is 5.09. The fourth-order valence-electron chi connectivity index (χ4n) is 2.06. The molecule has 1 fully saturated rings. The maximum Gasteiger partial charge on any atom is 0.318 e. The average Bonchev–Trinajstić information content (AvgIpc) is 2.21. The Kier molecular flexibility index (Phi) is 5.36. The highest BCUT2D eigenvalue weighted by molar-refractivity contribution is 5.75. The molecule has 2 N–H and O–H groups in total. The van der Waals surface area contributed by atoms with Gasteiger partial charge < -0.3 is 10.6 Å². The molecule has 2 unspecified atom stereocenters. The number of carbonyl (C=O) groups is 1. The molecule has 0 radical (unpaired) electrons. The Hall–Kier alpha value is -0.990. The SMILES string of the molecule is CC(C)/C=C/NC(=O)NC1CCCCC1C. The molecule has 0 aliphatic heterocycles. The van der Waals surface area contributed by atoms with Crippen LogP contribution in [-0.2, 0) is 0 Å². The molecule has 0 saturated heterocycles. The molecule has 3 nitrogen and oxygen atoms in total. The van der Waals surface area contributed by atoms with Crippen molar-refractivity contribution in [2.75, 3.05) is 0 Å². The second kappa shape index (κ2) is 6.56. The zero-order valence-corrected chi connectivity index (χ0v) is 10.6. The van der Waals surface area contributed by atoms with Gasteiger partial charge in [0, 0.05) is 12.2 Å². The van der Waals surface area contributed by atoms with Crippen molar-refractivity contribution in [3.05, 3.63) is 12.3 Å². The highest BCUT2D eigenvalue weighted by atomic mass is 16.2. The Bertz CT molecular complexity index is 248. The van der Waals surface area contributed by atoms with Gasteiger partial charge in [-0.25, -0.2) is 4.79 Å². The zero-order valence-electron chi connectivity index (χ0n) is 10.6. The molecule has 0 aromatic carbocycles. The lowest BCUT2D eigenvalue weighted by Crippen LogP contribution is -2.44. The van der Waals surface area contributed by atoms with E-state index in [1.54, 1.807) is 6.20 Å². The minimum Gasteiger partial charge on any atom is -0.335 e. The number of amides is 2. The van der Waals surface area contributed by atoms with Gasteiger partial charge in [-0.1, -0.05) is 39.7 Å². The summed E-state index contributed by atoms with van der Waals surface area (Å²) >= 11 is 0. The third kappa shape index (κ3) is 4.69. The molecule has 1 saturated carbocycles. The predicted molar refractivity (Wildman–Crippen MR) is 67.1 cm³/mol. The van der Waals surface area contributed by atoms with Crippen molar-refractivity contribution in [3.8, 4) is 0 Å². The Balaban J connectivity index is 2.27. The largest absolute Gasteiger partial charge is 0.335 e. The van der Waals surface area contributed by atoms with Gasteiger partial charge in [0.25, 0.3) is 0 Å². The Morgan fingerprint density at radius 1 is 1.31 bits per heavy atom. The lowest BCUT2D eigenvalue weighted by molar-refractivity contribution is 0.225. The topological polar surface area (TPSA) is 41.1 Å². The van der Waals surface area contributed by atoms with Crippen LogP contribution in [0.4, 0.5) is 4.79 Å². The van der Waals surface area contributed by atoms with Crippen LogP contribution in [0.25, 0.3) is 0 Å². The van der Waals surface area contributed by atoms with E-state index in [9.17, 15) is 4.79 Å². The standard InChI is InChI=1S/C13H24N2O/c1-10(2)8-9-14-13(16)15-12-7-5-4-6-11(12)3/h8-12H,4-7H2,1-3H3,(H2,14,15,16)/b9-8+. The van der Waals surface area contributed by atoms with Crippen molar-refractivity contribution in [1.29, 1.82) is 0 Å². The van der Waals surface area contributed by atoms with Gasteiger partial charge in [0.2, 0.25) is 0 Å². The van der Waals surface area contributed by atoms with E-state index in [0.717, 1.165) is 6.42 Å². The maximum absolute atomic E-state index is 11.6. The minimum atomic E-state index is -0.0735. The summed E-state index contributed by atoms with van der Waals surface area (Å²) in [4.78, 5) is 11.6. The maximum atomic E-state index is 11.6. The molecule has 2 amide bonds. The van der Waals surface area contributed by atoms with Gasteiger partial charge in [-0.3, -0.25) is 0 Å². The van der Waals surface area contributed by atoms with E-state index in [4.69, 9.17) is 0 Å². The van der Waals surface area contributed by atoms with Crippen LogP contribution in [0.2, 0.25) is 0 Å². The van der Waals surface area contributed by atoms with Crippen LogP contribution in [0.3, 0.4) is 0 Å². The van der Waals surface area contributed by atoms with E-state index in [2.05, 4.69) is 31.4 Å². The van der Waals surface area contributed by atoms with Crippen molar-refractivity contribution in [3.63, 3.8) is 0 Å². The van der Waals surface area contributed by atoms with E-state index in [1.807, 2.05) is 6.08 Å². The molecule has 16 heavy (non-hydrogen) atoms. The average molecular weight is 224 g/mol. The third-order valence-electron chi connectivity index (χ3n) is 3.12. The zero-order chi connectivity index (χ0) is 12.0. The van der Waals surface area contributed by atoms with Gasteiger partial charge in [-0.15, -0.1) is 0 Å². The molecule has 0 aromatic rings. The molecule has 92 valence electrons. The van der Waals surface area contributed by atoms with Gasteiger partial charge in [0.15, 0.2) is 0 Å². The summed E-state index contributed by atoms with van der Waals surface area (Å²) in [5.41, 5.74) is 0. The van der Waals surface area contributed by atoms with Crippen molar-refractivity contribution in [1.82, 2.24) is 10.6 Å². The van der Waals surface area contributed by atoms with Crippen molar-refractivity contribution < 1.29 is 4.79 Å². The first-order valence-corrected chi connectivity index (χ1v) is 6.33. The molecule has 0 bridgehead atoms. The summed E-state index contributed by atoms with van der Waals surface area (Å²) in [5, 5.41) is 5.79. The molecular weight excluding hydrogens is 200 g/mol. The van der Waals surface area contributed by atoms with E-state index in [0.29, 0.717) is 17.9 Å². The number of hydrogen-bond acceptors (Lipinski definition) is 1. The summed E-state index contributed by atoms with van der Waals surface area (Å²) in [5.74, 6) is 1.07. The molecule has 0 spiro atoms. The van der Waals surface area contributed by atoms with Crippen LogP contribution < -0.4 is 10.6 Å². The predicted octanol–water partition coefficient (Wildman–Crippen LogP) is 3.03. The number of urea groups is 1. The summed E-state index contributed by atoms with van der Waals surface area (Å²) in [6.07, 6.45) is 8.58. The van der Waals surface area contributed by atoms with Crippen LogP contribution in [0.1, 0.15) is 46.5 Å². The van der Waals surface area contributed by atoms with Gasteiger partial charge in [-0.05, 0) is 24.7 Å². The Morgan fingerprint density at radius 3 is 2.62 bits per heavy atom. The van der Waals surface area contributed by atoms with Crippen LogP contribution in [0, 0.1) is 11.8 Å². The van der Waals surface area contributed by atoms with E-state index in [-0.39, 0.29) is 6.03 Å². The van der Waals surface area contributed by atoms with Crippen molar-refractivity contribution >= 4 is 6.03 Å². The normalized spacial score (nSPS) is 26.0. The summed E-state index contributed by atoms with van der Waals surface area (Å²) in [7, 11) is 0. The molecule has 1 aliphatic carbocycles. The number of allylic oxidation sites excluding steroid dienone is 1. The first-order valence-electron chi connectivity index (χ1n) is 6.33. The van der Waals surface area contributed by atoms with Crippen LogP contribution in [0.15, 0.2) is 12.3 Å². The lowest BCUT2D eigenvalue weighted by Gasteiger charge is -2.29. The summed E-state index contributed by atoms with van der Waals surface area (Å²) in [6.45, 7) is 6.38. The summed E-state index contributed by atoms with van der Waals surface area (Å²) in [6, 6.07) is 0.275. The highest BCUT2D eigenvalue weighted by Gasteiger charge is 2.22. The van der Waals surface area contributed by atoms with E-state index in [1.165, 1.54) is 19.3 Å². The molecular formula is C13H24N2O. The fraction of sp³-hybridized carbons (Fsp3) is 0.769. The Morgan fingerprint density at radius 2 is 2.00 bits per heavy atom. The second-order valence-corrected chi connectivity index (χ2v) is 5.09. The van der Waals surface area contributed by atoms with Crippen molar-refractivity contribution in [2.45, 2.75) is 52.5 Å². The molecule has 1 aliphatic rings. The van der Waals surface area contributed by atoms with Crippen molar-refractivity contribution in [2.24, 2.45) is 11.8 Å². The molecule has 0 aromatic heterocycles. The smallest absolute Gasteiger partial charge is 0.318 e. The number of hydrogen-bond donors (Lipinski definition) is 2. The highest BCUT2D eigenvalue weighted by Crippen LogP contribution is 2.23. The van der Waals surface area contributed by atoms with Gasteiger partial charge >= 0.3 is 6.03 Å². The first-order chi connectivity index (χ1) is 7.59. The molecule has 2 atom stereocenters. The van der Waals surface area contributed by atoms with E-state index < -0.39 is 0 Å². The van der Waals surface area contributed by atoms with E-state index >= 15 is 0 Å². The lowest BCUT2D eigenvalue weighted by atomic mass is 9.86. The third-order valence-corrected chi connectivity index (χ3v) is 3.12. The van der Waals surface area contributed by atoms with Gasteiger partial charge in [0.1, 0.15) is 0 Å². The number of rotatable bonds is 3. The number of carbonyl (C=O) groups excluding carboxylic acids is 1. The number of nitrogens with one attached hydrogen (secondary N) is 2. The monoisotopic (exact) mass is 224 g/mol. The molecule has 1 rings (SSSR count). The molecule has 3 heteroatoms. The van der Waals surface area contributed by atoms with Crippen LogP contribution in [0.5, 0.6) is 0 Å². The van der Waals surface area contributed by atoms with Gasteiger partial charge in [0.05, 0.1) is 0 Å². The minimum absolute atomic E-state index is 0.0735. The van der Waals surface area contributed by atoms with Crippen LogP contribution >= 0.6 is 0 Å². The molecule has 0 heterocycles. The van der Waals surface area contributed by atoms with Gasteiger partial charge in [-0.2, -0.15) is 0 Å². The Labute approximate surface area is 98.7 Å². The summed E-state index contributed by atoms with van der Waals surface area (Å²) < 4.78 is 0. The fourth-order valence-corrected chi connectivity index (χ4v) is 2.06. The van der Waals surface area contributed by atoms with Crippen LogP contribution in [-0.4, -0.2) is 12.1 Å². The first kappa shape index (κ1) is 13.1.